The molecule has 0 amide bonds. The molecule has 0 bridgehead atoms. The first-order valence-electron chi connectivity index (χ1n) is 21.0. The summed E-state index contributed by atoms with van der Waals surface area (Å²) < 4.78 is 31.4. The van der Waals surface area contributed by atoms with E-state index in [1.54, 1.807) is 48.5 Å². The van der Waals surface area contributed by atoms with Gasteiger partial charge < -0.3 is 14.2 Å². The normalized spacial score (nSPS) is 11.4. The zero-order valence-corrected chi connectivity index (χ0v) is 33.4. The fourth-order valence-electron chi connectivity index (χ4n) is 6.35. The van der Waals surface area contributed by atoms with E-state index in [4.69, 9.17) is 14.2 Å². The molecular weight excluding hydrogens is 676 g/mol. The molecule has 0 heterocycles. The van der Waals surface area contributed by atoms with Gasteiger partial charge in [0.25, 0.3) is 0 Å². The first-order valence-corrected chi connectivity index (χ1v) is 21.0. The fourth-order valence-corrected chi connectivity index (χ4v) is 6.35. The number of carbonyl (C=O) groups is 2. The molecule has 0 saturated carbocycles. The van der Waals surface area contributed by atoms with Crippen LogP contribution in [-0.4, -0.2) is 24.6 Å². The molecule has 54 heavy (non-hydrogen) atoms. The molecule has 0 saturated heterocycles. The van der Waals surface area contributed by atoms with Crippen LogP contribution < -0.4 is 9.47 Å². The number of unbranched alkanes of at least 4 members (excludes halogenated alkanes) is 18. The zero-order valence-electron chi connectivity index (χ0n) is 33.4. The number of rotatable bonds is 27. The second-order valence-electron chi connectivity index (χ2n) is 14.6. The van der Waals surface area contributed by atoms with E-state index in [0.717, 1.165) is 49.3 Å². The Kier molecular flexibility index (Phi) is 22.5. The van der Waals surface area contributed by atoms with Crippen LogP contribution in [-0.2, 0) is 4.74 Å². The highest BCUT2D eigenvalue weighted by atomic mass is 19.1. The minimum Gasteiger partial charge on any atom is -0.491 e. The molecule has 0 radical (unpaired) electrons. The van der Waals surface area contributed by atoms with Crippen molar-refractivity contribution >= 4 is 11.9 Å². The van der Waals surface area contributed by atoms with Crippen LogP contribution in [0.1, 0.15) is 187 Å². The van der Waals surface area contributed by atoms with E-state index in [1.165, 1.54) is 115 Å². The standard InChI is InChI=1S/C48H65FO5/c1-4-6-8-10-11-12-13-14-15-16-17-18-19-20-21-23-37-52-46-36-33-43(38-45(46)49)48(51)54-44-34-29-41(30-35-44)26-25-40-27-31-42(32-28-40)47(50)53-39(3)24-22-9-7-5-2/h27-36,38-39H,4-24,37H2,1-3H3. The van der Waals surface area contributed by atoms with Crippen molar-refractivity contribution in [2.24, 2.45) is 0 Å². The van der Waals surface area contributed by atoms with Crippen molar-refractivity contribution in [3.63, 3.8) is 0 Å². The molecule has 0 aliphatic heterocycles. The smallest absolute Gasteiger partial charge is 0.343 e. The van der Waals surface area contributed by atoms with Gasteiger partial charge in [0.05, 0.1) is 23.8 Å². The molecule has 0 fully saturated rings. The first kappa shape index (κ1) is 44.3. The minimum absolute atomic E-state index is 0.111. The lowest BCUT2D eigenvalue weighted by Crippen LogP contribution is -2.15. The number of hydrogen-bond donors (Lipinski definition) is 0. The summed E-state index contributed by atoms with van der Waals surface area (Å²) in [4.78, 5) is 25.2. The molecule has 0 spiro atoms. The number of benzene rings is 3. The van der Waals surface area contributed by atoms with E-state index in [-0.39, 0.29) is 23.4 Å². The van der Waals surface area contributed by atoms with Crippen molar-refractivity contribution in [2.45, 2.75) is 162 Å². The van der Waals surface area contributed by atoms with Crippen LogP contribution in [0.15, 0.2) is 66.7 Å². The molecule has 0 aliphatic carbocycles. The van der Waals surface area contributed by atoms with Gasteiger partial charge >= 0.3 is 11.9 Å². The fraction of sp³-hybridized carbons (Fsp3) is 0.542. The lowest BCUT2D eigenvalue weighted by atomic mass is 10.0. The van der Waals surface area contributed by atoms with Crippen LogP contribution in [0.2, 0.25) is 0 Å². The predicted octanol–water partition coefficient (Wildman–Crippen LogP) is 13.6. The van der Waals surface area contributed by atoms with Gasteiger partial charge in [0.2, 0.25) is 0 Å². The number of halogens is 1. The summed E-state index contributed by atoms with van der Waals surface area (Å²) in [6, 6.07) is 18.0. The van der Waals surface area contributed by atoms with E-state index >= 15 is 0 Å². The Bertz CT molecular complexity index is 1540. The van der Waals surface area contributed by atoms with Gasteiger partial charge in [-0.1, -0.05) is 141 Å². The Hall–Kier alpha value is -4.11. The van der Waals surface area contributed by atoms with E-state index in [1.807, 2.05) is 6.92 Å². The van der Waals surface area contributed by atoms with E-state index in [9.17, 15) is 14.0 Å². The maximum absolute atomic E-state index is 14.7. The maximum Gasteiger partial charge on any atom is 0.343 e. The molecule has 3 rings (SSSR count). The monoisotopic (exact) mass is 740 g/mol. The van der Waals surface area contributed by atoms with Gasteiger partial charge in [-0.3, -0.25) is 0 Å². The summed E-state index contributed by atoms with van der Waals surface area (Å²) in [5.41, 5.74) is 2.10. The molecule has 294 valence electrons. The lowest BCUT2D eigenvalue weighted by molar-refractivity contribution is 0.0319. The Balaban J connectivity index is 1.29. The molecular formula is C48H65FO5. The van der Waals surface area contributed by atoms with Crippen molar-refractivity contribution < 1.29 is 28.2 Å². The molecule has 0 aliphatic rings. The van der Waals surface area contributed by atoms with Crippen molar-refractivity contribution in [1.29, 1.82) is 0 Å². The van der Waals surface area contributed by atoms with Crippen LogP contribution in [0.4, 0.5) is 4.39 Å². The largest absolute Gasteiger partial charge is 0.491 e. The topological polar surface area (TPSA) is 61.8 Å². The number of ether oxygens (including phenoxy) is 3. The summed E-state index contributed by atoms with van der Waals surface area (Å²) >= 11 is 0. The summed E-state index contributed by atoms with van der Waals surface area (Å²) in [6.07, 6.45) is 26.2. The Labute approximate surface area is 325 Å². The number of carbonyl (C=O) groups excluding carboxylic acids is 2. The van der Waals surface area contributed by atoms with E-state index in [0.29, 0.717) is 17.9 Å². The minimum atomic E-state index is -0.651. The number of esters is 2. The quantitative estimate of drug-likeness (QED) is 0.0337. The summed E-state index contributed by atoms with van der Waals surface area (Å²) in [6.45, 7) is 6.83. The average molecular weight is 741 g/mol. The van der Waals surface area contributed by atoms with E-state index in [2.05, 4.69) is 25.7 Å². The third-order valence-corrected chi connectivity index (χ3v) is 9.73. The van der Waals surface area contributed by atoms with Gasteiger partial charge in [0.1, 0.15) is 5.75 Å². The number of hydrogen-bond acceptors (Lipinski definition) is 5. The van der Waals surface area contributed by atoms with Crippen molar-refractivity contribution in [1.82, 2.24) is 0 Å². The molecule has 3 aromatic carbocycles. The molecule has 1 unspecified atom stereocenters. The molecule has 0 aromatic heterocycles. The third-order valence-electron chi connectivity index (χ3n) is 9.73. The second-order valence-corrected chi connectivity index (χ2v) is 14.6. The summed E-state index contributed by atoms with van der Waals surface area (Å²) in [5.74, 6) is 5.09. The lowest BCUT2D eigenvalue weighted by Gasteiger charge is -2.13. The van der Waals surface area contributed by atoms with Crippen molar-refractivity contribution in [3.05, 3.63) is 94.8 Å². The van der Waals surface area contributed by atoms with Gasteiger partial charge in [0.15, 0.2) is 11.6 Å². The van der Waals surface area contributed by atoms with Crippen LogP contribution in [0.25, 0.3) is 0 Å². The van der Waals surface area contributed by atoms with Crippen molar-refractivity contribution in [2.75, 3.05) is 6.61 Å². The highest BCUT2D eigenvalue weighted by Crippen LogP contribution is 2.22. The summed E-state index contributed by atoms with van der Waals surface area (Å²) in [7, 11) is 0. The maximum atomic E-state index is 14.7. The van der Waals surface area contributed by atoms with Gasteiger partial charge in [-0.2, -0.15) is 0 Å². The van der Waals surface area contributed by atoms with Gasteiger partial charge in [-0.25, -0.2) is 14.0 Å². The zero-order chi connectivity index (χ0) is 38.6. The van der Waals surface area contributed by atoms with Crippen molar-refractivity contribution in [3.8, 4) is 23.3 Å². The van der Waals surface area contributed by atoms with Gasteiger partial charge in [-0.15, -0.1) is 0 Å². The highest BCUT2D eigenvalue weighted by molar-refractivity contribution is 5.91. The molecule has 3 aromatic rings. The van der Waals surface area contributed by atoms with Crippen LogP contribution >= 0.6 is 0 Å². The van der Waals surface area contributed by atoms with Crippen LogP contribution in [0, 0.1) is 17.7 Å². The Morgan fingerprint density at radius 3 is 1.56 bits per heavy atom. The Morgan fingerprint density at radius 1 is 0.574 bits per heavy atom. The van der Waals surface area contributed by atoms with Crippen LogP contribution in [0.3, 0.4) is 0 Å². The molecule has 6 heteroatoms. The van der Waals surface area contributed by atoms with Gasteiger partial charge in [-0.05, 0) is 92.9 Å². The van der Waals surface area contributed by atoms with E-state index < -0.39 is 11.8 Å². The van der Waals surface area contributed by atoms with Crippen LogP contribution in [0.5, 0.6) is 11.5 Å². The molecule has 0 N–H and O–H groups in total. The second kappa shape index (κ2) is 27.5. The molecule has 1 atom stereocenters. The van der Waals surface area contributed by atoms with Gasteiger partial charge in [0, 0.05) is 11.1 Å². The average Bonchev–Trinajstić information content (AvgIpc) is 3.18. The Morgan fingerprint density at radius 2 is 1.04 bits per heavy atom. The molecule has 5 nitrogen and oxygen atoms in total. The third kappa shape index (κ3) is 18.8. The first-order chi connectivity index (χ1) is 26.4. The highest BCUT2D eigenvalue weighted by Gasteiger charge is 2.14. The SMILES string of the molecule is CCCCCCCCCCCCCCCCCCOc1ccc(C(=O)Oc2ccc(C#Cc3ccc(C(=O)OC(C)CCCCCC)cc3)cc2)cc1F. The predicted molar refractivity (Wildman–Crippen MR) is 219 cm³/mol. The summed E-state index contributed by atoms with van der Waals surface area (Å²) in [5, 5.41) is 0.